The van der Waals surface area contributed by atoms with Crippen LogP contribution in [0.2, 0.25) is 0 Å². The maximum absolute atomic E-state index is 12.9. The number of hydrogen-bond donors (Lipinski definition) is 0. The first-order chi connectivity index (χ1) is 13.1. The number of carbonyl (C=O) groups excluding carboxylic acids is 2. The Hall–Kier alpha value is -0.940. The summed E-state index contributed by atoms with van der Waals surface area (Å²) in [5.41, 5.74) is -0.381. The molecule has 1 spiro atoms. The van der Waals surface area contributed by atoms with Crippen LogP contribution in [-0.4, -0.2) is 36.9 Å². The lowest BCUT2D eigenvalue weighted by molar-refractivity contribution is -0.235. The molecule has 0 aromatic heterocycles. The van der Waals surface area contributed by atoms with E-state index in [0.717, 1.165) is 37.5 Å². The smallest absolute Gasteiger partial charge is 0.312 e. The normalized spacial score (nSPS) is 58.9. The van der Waals surface area contributed by atoms with Crippen LogP contribution >= 0.6 is 0 Å². The molecule has 0 radical (unpaired) electrons. The minimum Gasteiger partial charge on any atom is -0.462 e. The van der Waals surface area contributed by atoms with Crippen molar-refractivity contribution in [3.63, 3.8) is 0 Å². The predicted octanol–water partition coefficient (Wildman–Crippen LogP) is 2.71. The number of carbonyl (C=O) groups is 2. The van der Waals surface area contributed by atoms with E-state index in [1.54, 1.807) is 0 Å². The zero-order valence-corrected chi connectivity index (χ0v) is 15.7. The SMILES string of the molecule is O=C1C2CC3CC(C(=O)OCC4COC5(O4)C4CC6CC(C4)C5C6)(C2)CC13. The number of rotatable bonds is 3. The summed E-state index contributed by atoms with van der Waals surface area (Å²) >= 11 is 0. The Kier molecular flexibility index (Phi) is 2.93. The van der Waals surface area contributed by atoms with Crippen LogP contribution < -0.4 is 0 Å². The Morgan fingerprint density at radius 1 is 1.07 bits per heavy atom. The van der Waals surface area contributed by atoms with Crippen LogP contribution in [0.15, 0.2) is 0 Å². The van der Waals surface area contributed by atoms with Gasteiger partial charge < -0.3 is 14.2 Å². The Bertz CT molecular complexity index is 726. The van der Waals surface area contributed by atoms with Gasteiger partial charge in [-0.2, -0.15) is 0 Å². The molecule has 146 valence electrons. The minimum absolute atomic E-state index is 0.0781. The highest BCUT2D eigenvalue weighted by Crippen LogP contribution is 2.66. The van der Waals surface area contributed by atoms with Gasteiger partial charge in [0.05, 0.1) is 12.0 Å². The molecule has 5 heteroatoms. The molecule has 8 saturated carbocycles. The third-order valence-electron chi connectivity index (χ3n) is 9.59. The first kappa shape index (κ1) is 15.9. The molecule has 1 aliphatic heterocycles. The Labute approximate surface area is 159 Å². The molecule has 9 rings (SSSR count). The molecular formula is C22H28O5. The topological polar surface area (TPSA) is 61.8 Å². The van der Waals surface area contributed by atoms with Crippen molar-refractivity contribution in [2.75, 3.05) is 13.2 Å². The van der Waals surface area contributed by atoms with Crippen molar-refractivity contribution in [3.05, 3.63) is 0 Å². The number of ether oxygens (including phenoxy) is 3. The summed E-state index contributed by atoms with van der Waals surface area (Å²) in [4.78, 5) is 25.2. The third-order valence-corrected chi connectivity index (χ3v) is 9.59. The molecule has 9 aliphatic rings. The average Bonchev–Trinajstić information content (AvgIpc) is 3.39. The second kappa shape index (κ2) is 4.96. The van der Waals surface area contributed by atoms with E-state index in [9.17, 15) is 9.59 Å². The molecule has 1 heterocycles. The maximum atomic E-state index is 12.9. The predicted molar refractivity (Wildman–Crippen MR) is 93.3 cm³/mol. The van der Waals surface area contributed by atoms with E-state index in [1.807, 2.05) is 0 Å². The largest absolute Gasteiger partial charge is 0.462 e. The van der Waals surface area contributed by atoms with E-state index in [2.05, 4.69) is 0 Å². The van der Waals surface area contributed by atoms with Crippen LogP contribution in [0.4, 0.5) is 0 Å². The van der Waals surface area contributed by atoms with Crippen molar-refractivity contribution in [1.82, 2.24) is 0 Å². The van der Waals surface area contributed by atoms with Crippen molar-refractivity contribution in [1.29, 1.82) is 0 Å². The highest BCUT2D eigenvalue weighted by Gasteiger charge is 2.67. The van der Waals surface area contributed by atoms with Gasteiger partial charge in [-0.3, -0.25) is 9.59 Å². The van der Waals surface area contributed by atoms with Gasteiger partial charge in [0.15, 0.2) is 5.79 Å². The summed E-state index contributed by atoms with van der Waals surface area (Å²) in [6.07, 6.45) is 8.32. The number of Topliss-reactive ketones (excluding diaryl/α,β-unsaturated/α-hetero) is 1. The number of ketones is 1. The fraction of sp³-hybridized carbons (Fsp3) is 0.909. The van der Waals surface area contributed by atoms with Crippen LogP contribution in [0, 0.1) is 46.8 Å². The summed E-state index contributed by atoms with van der Waals surface area (Å²) in [6, 6.07) is 0. The van der Waals surface area contributed by atoms with Gasteiger partial charge in [-0.15, -0.1) is 0 Å². The highest BCUT2D eigenvalue weighted by atomic mass is 16.8. The van der Waals surface area contributed by atoms with Crippen molar-refractivity contribution in [3.8, 4) is 0 Å². The summed E-state index contributed by atoms with van der Waals surface area (Å²) in [7, 11) is 0. The van der Waals surface area contributed by atoms with Gasteiger partial charge >= 0.3 is 5.97 Å². The Morgan fingerprint density at radius 3 is 2.81 bits per heavy atom. The van der Waals surface area contributed by atoms with Gasteiger partial charge in [-0.05, 0) is 69.1 Å². The van der Waals surface area contributed by atoms with Gasteiger partial charge in [0.25, 0.3) is 0 Å². The molecule has 10 atom stereocenters. The minimum atomic E-state index is -0.381. The highest BCUT2D eigenvalue weighted by molar-refractivity contribution is 5.91. The quantitative estimate of drug-likeness (QED) is 0.713. The van der Waals surface area contributed by atoms with E-state index < -0.39 is 0 Å². The van der Waals surface area contributed by atoms with Gasteiger partial charge in [0, 0.05) is 23.7 Å². The average molecular weight is 372 g/mol. The van der Waals surface area contributed by atoms with Crippen LogP contribution in [0.5, 0.6) is 0 Å². The van der Waals surface area contributed by atoms with Gasteiger partial charge in [0.2, 0.25) is 0 Å². The Morgan fingerprint density at radius 2 is 2.00 bits per heavy atom. The molecule has 10 unspecified atom stereocenters. The first-order valence-electron chi connectivity index (χ1n) is 11.1. The fourth-order valence-corrected chi connectivity index (χ4v) is 8.80. The van der Waals surface area contributed by atoms with Gasteiger partial charge in [-0.1, -0.05) is 0 Å². The summed E-state index contributed by atoms with van der Waals surface area (Å²) in [6.45, 7) is 0.862. The second-order valence-corrected chi connectivity index (χ2v) is 10.8. The Balaban J connectivity index is 1.02. The molecule has 9 fully saturated rings. The monoisotopic (exact) mass is 372 g/mol. The van der Waals surface area contributed by atoms with Crippen LogP contribution in [0.25, 0.3) is 0 Å². The first-order valence-corrected chi connectivity index (χ1v) is 11.1. The van der Waals surface area contributed by atoms with E-state index in [0.29, 0.717) is 36.8 Å². The zero-order chi connectivity index (χ0) is 18.0. The van der Waals surface area contributed by atoms with Crippen molar-refractivity contribution >= 4 is 11.8 Å². The molecule has 5 nitrogen and oxygen atoms in total. The van der Waals surface area contributed by atoms with E-state index in [1.165, 1.54) is 25.7 Å². The van der Waals surface area contributed by atoms with E-state index in [-0.39, 0.29) is 35.1 Å². The lowest BCUT2D eigenvalue weighted by Gasteiger charge is -2.40. The van der Waals surface area contributed by atoms with Crippen LogP contribution in [-0.2, 0) is 23.8 Å². The fourth-order valence-electron chi connectivity index (χ4n) is 8.80. The summed E-state index contributed by atoms with van der Waals surface area (Å²) in [5.74, 6) is 3.45. The molecule has 0 aromatic rings. The van der Waals surface area contributed by atoms with E-state index in [4.69, 9.17) is 14.2 Å². The lowest BCUT2D eigenvalue weighted by Crippen LogP contribution is -2.45. The second-order valence-electron chi connectivity index (χ2n) is 10.8. The van der Waals surface area contributed by atoms with Crippen LogP contribution in [0.3, 0.4) is 0 Å². The van der Waals surface area contributed by atoms with Crippen molar-refractivity contribution in [2.45, 2.75) is 63.3 Å². The molecule has 0 amide bonds. The molecular weight excluding hydrogens is 344 g/mol. The molecule has 1 saturated heterocycles. The summed E-state index contributed by atoms with van der Waals surface area (Å²) in [5, 5.41) is 0. The standard InChI is InChI=1S/C22H28O5/c23-19-14-4-13-6-21(7-14,8-17(13)19)20(24)25-9-16-10-26-22(27-16)15-2-11-1-12(5-15)18(22)3-11/h11-18H,1-10H2. The van der Waals surface area contributed by atoms with Crippen molar-refractivity contribution < 1.29 is 23.8 Å². The molecule has 8 bridgehead atoms. The third kappa shape index (κ3) is 1.89. The number of hydrogen-bond acceptors (Lipinski definition) is 5. The lowest BCUT2D eigenvalue weighted by atomic mass is 9.69. The molecule has 8 aliphatic carbocycles. The van der Waals surface area contributed by atoms with Crippen LogP contribution in [0.1, 0.15) is 51.4 Å². The molecule has 0 aromatic carbocycles. The van der Waals surface area contributed by atoms with Gasteiger partial charge in [0.1, 0.15) is 18.5 Å². The van der Waals surface area contributed by atoms with Crippen molar-refractivity contribution in [2.24, 2.45) is 46.8 Å². The number of esters is 1. The van der Waals surface area contributed by atoms with Gasteiger partial charge in [-0.25, -0.2) is 0 Å². The van der Waals surface area contributed by atoms with E-state index >= 15 is 0 Å². The zero-order valence-electron chi connectivity index (χ0n) is 15.7. The molecule has 27 heavy (non-hydrogen) atoms. The maximum Gasteiger partial charge on any atom is 0.312 e. The summed E-state index contributed by atoms with van der Waals surface area (Å²) < 4.78 is 18.6. The molecule has 0 N–H and O–H groups in total.